The number of para-hydroxylation sites is 1. The van der Waals surface area contributed by atoms with Crippen LogP contribution in [0.1, 0.15) is 44.6 Å². The van der Waals surface area contributed by atoms with Crippen LogP contribution in [0.15, 0.2) is 24.3 Å². The van der Waals surface area contributed by atoms with Crippen molar-refractivity contribution >= 4 is 0 Å². The third kappa shape index (κ3) is 2.58. The van der Waals surface area contributed by atoms with Gasteiger partial charge in [-0.15, -0.1) is 0 Å². The van der Waals surface area contributed by atoms with Gasteiger partial charge in [0.25, 0.3) is 0 Å². The molecule has 1 aromatic rings. The van der Waals surface area contributed by atoms with Crippen molar-refractivity contribution in [2.75, 3.05) is 13.2 Å². The molecule has 116 valence electrons. The van der Waals surface area contributed by atoms with Crippen LogP contribution in [0.3, 0.4) is 0 Å². The molecule has 0 bridgehead atoms. The third-order valence-electron chi connectivity index (χ3n) is 5.72. The Labute approximate surface area is 127 Å². The van der Waals surface area contributed by atoms with Crippen molar-refractivity contribution in [1.82, 2.24) is 0 Å². The highest BCUT2D eigenvalue weighted by molar-refractivity contribution is 5.37. The second kappa shape index (κ2) is 5.62. The summed E-state index contributed by atoms with van der Waals surface area (Å²) in [6, 6.07) is 8.14. The second-order valence-electron chi connectivity index (χ2n) is 7.13. The first-order valence-electron chi connectivity index (χ1n) is 8.22. The Balaban J connectivity index is 1.90. The van der Waals surface area contributed by atoms with E-state index in [9.17, 15) is 5.11 Å². The van der Waals surface area contributed by atoms with Crippen LogP contribution in [0.2, 0.25) is 0 Å². The molecule has 0 radical (unpaired) electrons. The highest BCUT2D eigenvalue weighted by Crippen LogP contribution is 2.47. The molecule has 3 nitrogen and oxygen atoms in total. The van der Waals surface area contributed by atoms with Gasteiger partial charge in [0.2, 0.25) is 0 Å². The predicted molar refractivity (Wildman–Crippen MR) is 84.3 cm³/mol. The number of hydrogen-bond acceptors (Lipinski definition) is 3. The molecule has 1 saturated carbocycles. The molecule has 0 saturated heterocycles. The average molecular weight is 289 g/mol. The lowest BCUT2D eigenvalue weighted by atomic mass is 9.64. The summed E-state index contributed by atoms with van der Waals surface area (Å²) >= 11 is 0. The molecule has 1 aliphatic carbocycles. The fraction of sp³-hybridized carbons (Fsp3) is 0.667. The minimum Gasteiger partial charge on any atom is -0.493 e. The SMILES string of the molecule is CC1CCCC(O)(C2(CN)COc3ccccc3C2)CC1. The number of ether oxygens (including phenoxy) is 1. The van der Waals surface area contributed by atoms with Gasteiger partial charge in [-0.25, -0.2) is 0 Å². The maximum Gasteiger partial charge on any atom is 0.122 e. The molecule has 3 unspecified atom stereocenters. The summed E-state index contributed by atoms with van der Waals surface area (Å²) in [6.07, 6.45) is 5.89. The fourth-order valence-corrected chi connectivity index (χ4v) is 4.07. The number of fused-ring (bicyclic) bond motifs is 1. The molecule has 1 heterocycles. The van der Waals surface area contributed by atoms with E-state index in [1.165, 1.54) is 12.0 Å². The molecule has 0 amide bonds. The maximum absolute atomic E-state index is 11.4. The number of rotatable bonds is 2. The fourth-order valence-electron chi connectivity index (χ4n) is 4.07. The normalized spacial score (nSPS) is 36.4. The van der Waals surface area contributed by atoms with E-state index in [0.29, 0.717) is 19.1 Å². The quantitative estimate of drug-likeness (QED) is 0.823. The van der Waals surface area contributed by atoms with Crippen molar-refractivity contribution in [3.63, 3.8) is 0 Å². The monoisotopic (exact) mass is 289 g/mol. The molecular weight excluding hydrogens is 262 g/mol. The molecule has 3 rings (SSSR count). The zero-order chi connectivity index (χ0) is 14.9. The standard InChI is InChI=1S/C18H27NO2/c1-14-5-4-9-18(20,10-8-14)17(12-19)11-15-6-2-3-7-16(15)21-13-17/h2-3,6-7,14,20H,4-5,8-13,19H2,1H3. The van der Waals surface area contributed by atoms with Gasteiger partial charge < -0.3 is 15.6 Å². The minimum absolute atomic E-state index is 0.342. The van der Waals surface area contributed by atoms with E-state index in [0.717, 1.165) is 37.9 Å². The van der Waals surface area contributed by atoms with Gasteiger partial charge in [-0.1, -0.05) is 38.0 Å². The topological polar surface area (TPSA) is 55.5 Å². The minimum atomic E-state index is -0.694. The van der Waals surface area contributed by atoms with Gasteiger partial charge in [-0.05, 0) is 43.2 Å². The molecule has 3 N–H and O–H groups in total. The van der Waals surface area contributed by atoms with Crippen LogP contribution < -0.4 is 10.5 Å². The average Bonchev–Trinajstić information content (AvgIpc) is 2.69. The van der Waals surface area contributed by atoms with E-state index in [1.54, 1.807) is 0 Å². The molecule has 2 aliphatic rings. The largest absolute Gasteiger partial charge is 0.493 e. The van der Waals surface area contributed by atoms with Crippen LogP contribution in [-0.2, 0) is 6.42 Å². The summed E-state index contributed by atoms with van der Waals surface area (Å²) in [5, 5.41) is 11.4. The Morgan fingerprint density at radius 1 is 1.29 bits per heavy atom. The van der Waals surface area contributed by atoms with E-state index < -0.39 is 5.60 Å². The van der Waals surface area contributed by atoms with Crippen molar-refractivity contribution in [1.29, 1.82) is 0 Å². The summed E-state index contributed by atoms with van der Waals surface area (Å²) in [7, 11) is 0. The first-order valence-corrected chi connectivity index (χ1v) is 8.22. The van der Waals surface area contributed by atoms with Crippen LogP contribution in [0.4, 0.5) is 0 Å². The van der Waals surface area contributed by atoms with Crippen molar-refractivity contribution < 1.29 is 9.84 Å². The van der Waals surface area contributed by atoms with E-state index in [1.807, 2.05) is 18.2 Å². The van der Waals surface area contributed by atoms with E-state index >= 15 is 0 Å². The summed E-state index contributed by atoms with van der Waals surface area (Å²) in [6.45, 7) is 3.30. The van der Waals surface area contributed by atoms with Crippen molar-refractivity contribution in [3.8, 4) is 5.75 Å². The highest BCUT2D eigenvalue weighted by Gasteiger charge is 2.51. The molecule has 21 heavy (non-hydrogen) atoms. The van der Waals surface area contributed by atoms with Gasteiger partial charge in [0.15, 0.2) is 0 Å². The van der Waals surface area contributed by atoms with E-state index in [2.05, 4.69) is 13.0 Å². The van der Waals surface area contributed by atoms with E-state index in [4.69, 9.17) is 10.5 Å². The lowest BCUT2D eigenvalue weighted by Gasteiger charge is -2.49. The molecule has 1 aliphatic heterocycles. The molecule has 3 heteroatoms. The first kappa shape index (κ1) is 14.9. The highest BCUT2D eigenvalue weighted by atomic mass is 16.5. The summed E-state index contributed by atoms with van der Waals surface area (Å²) < 4.78 is 5.98. The van der Waals surface area contributed by atoms with Crippen molar-refractivity contribution in [2.24, 2.45) is 17.1 Å². The molecule has 0 spiro atoms. The van der Waals surface area contributed by atoms with Crippen LogP contribution in [0.5, 0.6) is 5.75 Å². The van der Waals surface area contributed by atoms with Crippen molar-refractivity contribution in [3.05, 3.63) is 29.8 Å². The maximum atomic E-state index is 11.4. The van der Waals surface area contributed by atoms with E-state index in [-0.39, 0.29) is 5.41 Å². The van der Waals surface area contributed by atoms with Gasteiger partial charge in [-0.3, -0.25) is 0 Å². The Hall–Kier alpha value is -1.06. The Kier molecular flexibility index (Phi) is 3.98. The van der Waals surface area contributed by atoms with Crippen LogP contribution in [0.25, 0.3) is 0 Å². The molecule has 0 aromatic heterocycles. The van der Waals surface area contributed by atoms with Crippen LogP contribution in [-0.4, -0.2) is 23.9 Å². The smallest absolute Gasteiger partial charge is 0.122 e. The van der Waals surface area contributed by atoms with Gasteiger partial charge in [-0.2, -0.15) is 0 Å². The number of hydrogen-bond donors (Lipinski definition) is 2. The zero-order valence-corrected chi connectivity index (χ0v) is 13.0. The van der Waals surface area contributed by atoms with Gasteiger partial charge in [0.05, 0.1) is 12.2 Å². The third-order valence-corrected chi connectivity index (χ3v) is 5.72. The molecule has 1 aromatic carbocycles. The number of benzene rings is 1. The van der Waals surface area contributed by atoms with Gasteiger partial charge >= 0.3 is 0 Å². The predicted octanol–water partition coefficient (Wildman–Crippen LogP) is 2.90. The Morgan fingerprint density at radius 2 is 2.10 bits per heavy atom. The lowest BCUT2D eigenvalue weighted by molar-refractivity contribution is -0.116. The van der Waals surface area contributed by atoms with Gasteiger partial charge in [0.1, 0.15) is 5.75 Å². The first-order chi connectivity index (χ1) is 10.1. The Morgan fingerprint density at radius 3 is 2.90 bits per heavy atom. The van der Waals surface area contributed by atoms with Crippen LogP contribution >= 0.6 is 0 Å². The molecule has 1 fully saturated rings. The molecular formula is C18H27NO2. The zero-order valence-electron chi connectivity index (χ0n) is 13.0. The van der Waals surface area contributed by atoms with Gasteiger partial charge in [0, 0.05) is 12.0 Å². The van der Waals surface area contributed by atoms with Crippen molar-refractivity contribution in [2.45, 2.75) is 51.0 Å². The summed E-state index contributed by atoms with van der Waals surface area (Å²) in [4.78, 5) is 0. The summed E-state index contributed by atoms with van der Waals surface area (Å²) in [5.74, 6) is 1.65. The second-order valence-corrected chi connectivity index (χ2v) is 7.13. The van der Waals surface area contributed by atoms with Crippen LogP contribution in [0, 0.1) is 11.3 Å². The summed E-state index contributed by atoms with van der Waals surface area (Å²) in [5.41, 5.74) is 6.30. The lowest BCUT2D eigenvalue weighted by Crippen LogP contribution is -2.58. The molecule has 3 atom stereocenters. The number of aliphatic hydroxyl groups is 1. The number of nitrogens with two attached hydrogens (primary N) is 1. The Bertz CT molecular complexity index is 504.